The molecule has 0 saturated carbocycles. The van der Waals surface area contributed by atoms with E-state index in [0.717, 1.165) is 132 Å². The molecule has 0 radical (unpaired) electrons. The Labute approximate surface area is 414 Å². The van der Waals surface area contributed by atoms with E-state index in [0.29, 0.717) is 5.56 Å². The van der Waals surface area contributed by atoms with Crippen molar-refractivity contribution in [3.8, 4) is 51.1 Å². The Kier molecular flexibility index (Phi) is 8.66. The zero-order valence-electron chi connectivity index (χ0n) is 38.9. The van der Waals surface area contributed by atoms with Gasteiger partial charge in [0.2, 0.25) is 0 Å². The first-order chi connectivity index (χ1) is 35.8. The van der Waals surface area contributed by atoms with Crippen LogP contribution in [0.4, 0.5) is 0 Å². The van der Waals surface area contributed by atoms with E-state index in [1.807, 2.05) is 0 Å². The molecule has 0 aliphatic carbocycles. The molecule has 0 bridgehead atoms. The van der Waals surface area contributed by atoms with E-state index < -0.39 is 0 Å². The molecule has 0 aliphatic heterocycles. The predicted molar refractivity (Wildman–Crippen MR) is 299 cm³/mol. The van der Waals surface area contributed by atoms with E-state index in [9.17, 15) is 5.26 Å². The topological polar surface area (TPSA) is 43.5 Å². The fraction of sp³-hybridized carbons (Fsp3) is 0. The van der Waals surface area contributed by atoms with Crippen molar-refractivity contribution in [2.24, 2.45) is 0 Å². The molecular formula is C67H41N5. The number of aromatic nitrogens is 4. The SMILES string of the molecule is N#Cc1c(-c2ccccc2)c(-n2c3ccccc3c3ccc4c(c5ccccc5n4-c4ccccc4)c32)cc(-n2c3ccccc3c3ccc4c(c5ccccc5n4-c4ccccc4)c32)c1-c1ccccc1. The third kappa shape index (κ3) is 5.57. The second kappa shape index (κ2) is 15.6. The molecule has 334 valence electrons. The highest BCUT2D eigenvalue weighted by Gasteiger charge is 2.29. The van der Waals surface area contributed by atoms with Gasteiger partial charge in [0.15, 0.2) is 0 Å². The molecule has 4 aromatic heterocycles. The summed E-state index contributed by atoms with van der Waals surface area (Å²) in [5, 5.41) is 21.3. The molecule has 0 saturated heterocycles. The van der Waals surface area contributed by atoms with Crippen LogP contribution < -0.4 is 0 Å². The monoisotopic (exact) mass is 915 g/mol. The molecule has 0 spiro atoms. The maximum atomic E-state index is 12.1. The molecule has 0 aliphatic rings. The number of para-hydroxylation sites is 6. The second-order valence-electron chi connectivity index (χ2n) is 18.7. The molecule has 11 aromatic carbocycles. The maximum Gasteiger partial charge on any atom is 0.101 e. The Bertz CT molecular complexity index is 4430. The maximum absolute atomic E-state index is 12.1. The van der Waals surface area contributed by atoms with Gasteiger partial charge in [-0.25, -0.2) is 0 Å². The van der Waals surface area contributed by atoms with Crippen LogP contribution >= 0.6 is 0 Å². The third-order valence-corrected chi connectivity index (χ3v) is 15.0. The summed E-state index contributed by atoms with van der Waals surface area (Å²) in [6.45, 7) is 0. The summed E-state index contributed by atoms with van der Waals surface area (Å²) in [4.78, 5) is 0. The lowest BCUT2D eigenvalue weighted by atomic mass is 9.89. The molecule has 0 fully saturated rings. The van der Waals surface area contributed by atoms with Crippen molar-refractivity contribution >= 4 is 87.2 Å². The smallest absolute Gasteiger partial charge is 0.101 e. The molecule has 15 aromatic rings. The normalized spacial score (nSPS) is 11.9. The number of rotatable bonds is 6. The summed E-state index contributed by atoms with van der Waals surface area (Å²) in [6.07, 6.45) is 0. The van der Waals surface area contributed by atoms with Crippen molar-refractivity contribution in [1.82, 2.24) is 18.3 Å². The van der Waals surface area contributed by atoms with E-state index in [2.05, 4.69) is 273 Å². The molecule has 0 unspecified atom stereocenters. The fourth-order valence-electron chi connectivity index (χ4n) is 12.1. The van der Waals surface area contributed by atoms with Gasteiger partial charge in [0.05, 0.1) is 61.1 Å². The molecule has 4 heterocycles. The van der Waals surface area contributed by atoms with Crippen LogP contribution in [0.3, 0.4) is 0 Å². The number of nitriles is 1. The van der Waals surface area contributed by atoms with E-state index in [4.69, 9.17) is 0 Å². The number of nitrogens with zero attached hydrogens (tertiary/aromatic N) is 5. The van der Waals surface area contributed by atoms with E-state index in [1.54, 1.807) is 0 Å². The Hall–Kier alpha value is -9.89. The molecule has 0 amide bonds. The van der Waals surface area contributed by atoms with Gasteiger partial charge in [0.25, 0.3) is 0 Å². The average molecular weight is 916 g/mol. The lowest BCUT2D eigenvalue weighted by molar-refractivity contribution is 1.14. The van der Waals surface area contributed by atoms with Crippen LogP contribution in [0.2, 0.25) is 0 Å². The van der Waals surface area contributed by atoms with Crippen LogP contribution in [0.5, 0.6) is 0 Å². The summed E-state index contributed by atoms with van der Waals surface area (Å²) < 4.78 is 9.73. The van der Waals surface area contributed by atoms with Crippen molar-refractivity contribution in [2.75, 3.05) is 0 Å². The van der Waals surface area contributed by atoms with Crippen LogP contribution in [-0.4, -0.2) is 18.3 Å². The van der Waals surface area contributed by atoms with E-state index >= 15 is 0 Å². The van der Waals surface area contributed by atoms with Gasteiger partial charge >= 0.3 is 0 Å². The van der Waals surface area contributed by atoms with Crippen molar-refractivity contribution in [1.29, 1.82) is 5.26 Å². The van der Waals surface area contributed by atoms with Gasteiger partial charge in [-0.15, -0.1) is 0 Å². The average Bonchev–Trinajstić information content (AvgIpc) is 4.18. The summed E-state index contributed by atoms with van der Waals surface area (Å²) in [6, 6.07) is 92.0. The number of hydrogen-bond acceptors (Lipinski definition) is 1. The van der Waals surface area contributed by atoms with Gasteiger partial charge in [-0.3, -0.25) is 0 Å². The lowest BCUT2D eigenvalue weighted by Crippen LogP contribution is -2.07. The Morgan fingerprint density at radius 1 is 0.278 bits per heavy atom. The largest absolute Gasteiger partial charge is 0.309 e. The zero-order valence-corrected chi connectivity index (χ0v) is 38.9. The standard InChI is InChI=1S/C67H41N5/c68-42-53-62(43-21-5-1-6-22-43)60(71-54-33-17-13-29-47(54)49-37-39-58-64(66(49)71)51-31-15-19-35-56(51)69(58)45-25-9-3-10-26-45)41-61(63(53)44-23-7-2-8-24-44)72-55-34-18-14-30-48(55)50-38-40-59-65(67(50)72)52-32-16-20-36-57(52)70(59)46-27-11-4-12-28-46/h1-41H. The first-order valence-electron chi connectivity index (χ1n) is 24.5. The first kappa shape index (κ1) is 40.0. The van der Waals surface area contributed by atoms with Crippen molar-refractivity contribution < 1.29 is 0 Å². The number of hydrogen-bond donors (Lipinski definition) is 0. The van der Waals surface area contributed by atoms with Crippen LogP contribution in [0.1, 0.15) is 5.56 Å². The van der Waals surface area contributed by atoms with E-state index in [-0.39, 0.29) is 0 Å². The summed E-state index contributed by atoms with van der Waals surface area (Å²) in [7, 11) is 0. The van der Waals surface area contributed by atoms with Crippen LogP contribution in [-0.2, 0) is 0 Å². The molecule has 0 N–H and O–H groups in total. The first-order valence-corrected chi connectivity index (χ1v) is 24.5. The Morgan fingerprint density at radius 2 is 0.611 bits per heavy atom. The predicted octanol–water partition coefficient (Wildman–Crippen LogP) is 17.3. The van der Waals surface area contributed by atoms with Gasteiger partial charge < -0.3 is 18.3 Å². The van der Waals surface area contributed by atoms with E-state index in [1.165, 1.54) is 0 Å². The highest BCUT2D eigenvalue weighted by molar-refractivity contribution is 6.28. The van der Waals surface area contributed by atoms with Crippen LogP contribution in [0.15, 0.2) is 249 Å². The van der Waals surface area contributed by atoms with Gasteiger partial charge in [-0.2, -0.15) is 5.26 Å². The van der Waals surface area contributed by atoms with Gasteiger partial charge in [0, 0.05) is 65.6 Å². The Balaban J connectivity index is 1.19. The summed E-state index contributed by atoms with van der Waals surface area (Å²) in [5.74, 6) is 0. The van der Waals surface area contributed by atoms with Gasteiger partial charge in [-0.05, 0) is 77.9 Å². The zero-order chi connectivity index (χ0) is 47.4. The molecular weight excluding hydrogens is 875 g/mol. The van der Waals surface area contributed by atoms with Crippen LogP contribution in [0.25, 0.3) is 132 Å². The third-order valence-electron chi connectivity index (χ3n) is 15.0. The molecule has 0 atom stereocenters. The summed E-state index contributed by atoms with van der Waals surface area (Å²) in [5.41, 5.74) is 17.1. The number of fused-ring (bicyclic) bond motifs is 14. The van der Waals surface area contributed by atoms with Crippen LogP contribution in [0, 0.1) is 11.3 Å². The summed E-state index contributed by atoms with van der Waals surface area (Å²) >= 11 is 0. The van der Waals surface area contributed by atoms with Gasteiger partial charge in [-0.1, -0.05) is 182 Å². The quantitative estimate of drug-likeness (QED) is 0.164. The molecule has 5 heteroatoms. The highest BCUT2D eigenvalue weighted by Crippen LogP contribution is 2.49. The lowest BCUT2D eigenvalue weighted by Gasteiger charge is -2.23. The second-order valence-corrected chi connectivity index (χ2v) is 18.7. The minimum atomic E-state index is 0.606. The fourth-order valence-corrected chi connectivity index (χ4v) is 12.1. The Morgan fingerprint density at radius 3 is 1.00 bits per heavy atom. The van der Waals surface area contributed by atoms with Crippen molar-refractivity contribution in [3.05, 3.63) is 254 Å². The van der Waals surface area contributed by atoms with Crippen molar-refractivity contribution in [3.63, 3.8) is 0 Å². The molecule has 5 nitrogen and oxygen atoms in total. The number of benzene rings is 11. The van der Waals surface area contributed by atoms with Crippen molar-refractivity contribution in [2.45, 2.75) is 0 Å². The molecule has 15 rings (SSSR count). The highest BCUT2D eigenvalue weighted by atomic mass is 15.0. The minimum Gasteiger partial charge on any atom is -0.309 e. The van der Waals surface area contributed by atoms with Gasteiger partial charge in [0.1, 0.15) is 6.07 Å². The molecule has 72 heavy (non-hydrogen) atoms. The minimum absolute atomic E-state index is 0.606.